The molecule has 0 saturated carbocycles. The van der Waals surface area contributed by atoms with Crippen LogP contribution in [0.15, 0.2) is 24.5 Å². The van der Waals surface area contributed by atoms with E-state index in [1.807, 2.05) is 29.8 Å². The van der Waals surface area contributed by atoms with Gasteiger partial charge in [-0.2, -0.15) is 0 Å². The van der Waals surface area contributed by atoms with Gasteiger partial charge in [0, 0.05) is 18.9 Å². The van der Waals surface area contributed by atoms with Crippen molar-refractivity contribution in [3.05, 3.63) is 24.5 Å². The first kappa shape index (κ1) is 6.86. The molecule has 0 aliphatic carbocycles. The van der Waals surface area contributed by atoms with Crippen molar-refractivity contribution in [2.75, 3.05) is 5.73 Å². The summed E-state index contributed by atoms with van der Waals surface area (Å²) in [6.07, 6.45) is 7.56. The molecule has 3 heteroatoms. The fourth-order valence-corrected chi connectivity index (χ4v) is 0.714. The average Bonchev–Trinajstić information content (AvgIpc) is 2.31. The summed E-state index contributed by atoms with van der Waals surface area (Å²) < 4.78 is 1.88. The van der Waals surface area contributed by atoms with Crippen molar-refractivity contribution >= 4 is 5.95 Å². The summed E-state index contributed by atoms with van der Waals surface area (Å²) in [6, 6.07) is 0. The molecule has 0 unspecified atom stereocenters. The third-order valence-corrected chi connectivity index (χ3v) is 1.29. The molecule has 1 aromatic heterocycles. The standard InChI is InChI=1S/C7H11N3/c1-2-3-5-10-6-4-9-7(10)8/h2-4,6H,5H2,1H3,(H2,8,9)/b3-2+. The molecule has 0 aliphatic heterocycles. The van der Waals surface area contributed by atoms with Gasteiger partial charge in [-0.05, 0) is 6.92 Å². The van der Waals surface area contributed by atoms with Crippen LogP contribution >= 0.6 is 0 Å². The molecule has 0 fully saturated rings. The number of nitrogen functional groups attached to an aromatic ring is 1. The van der Waals surface area contributed by atoms with Crippen molar-refractivity contribution in [2.24, 2.45) is 0 Å². The first-order valence-electron chi connectivity index (χ1n) is 3.22. The van der Waals surface area contributed by atoms with Crippen LogP contribution in [0.1, 0.15) is 6.92 Å². The van der Waals surface area contributed by atoms with Crippen LogP contribution in [0.3, 0.4) is 0 Å². The third-order valence-electron chi connectivity index (χ3n) is 1.29. The van der Waals surface area contributed by atoms with E-state index in [9.17, 15) is 0 Å². The van der Waals surface area contributed by atoms with Crippen LogP contribution in [0.2, 0.25) is 0 Å². The van der Waals surface area contributed by atoms with E-state index in [1.165, 1.54) is 0 Å². The SMILES string of the molecule is C/C=C/Cn1ccnc1N. The van der Waals surface area contributed by atoms with E-state index in [0.29, 0.717) is 5.95 Å². The third kappa shape index (κ3) is 1.37. The minimum Gasteiger partial charge on any atom is -0.369 e. The van der Waals surface area contributed by atoms with Crippen molar-refractivity contribution in [3.8, 4) is 0 Å². The highest BCUT2D eigenvalue weighted by Crippen LogP contribution is 1.97. The molecule has 0 amide bonds. The lowest BCUT2D eigenvalue weighted by atomic mass is 10.5. The molecular formula is C7H11N3. The average molecular weight is 137 g/mol. The summed E-state index contributed by atoms with van der Waals surface area (Å²) in [5.41, 5.74) is 5.50. The molecule has 0 atom stereocenters. The van der Waals surface area contributed by atoms with Crippen LogP contribution in [0.4, 0.5) is 5.95 Å². The lowest BCUT2D eigenvalue weighted by Crippen LogP contribution is -1.99. The molecular weight excluding hydrogens is 126 g/mol. The summed E-state index contributed by atoms with van der Waals surface area (Å²) >= 11 is 0. The van der Waals surface area contributed by atoms with Gasteiger partial charge in [0.2, 0.25) is 0 Å². The molecule has 0 spiro atoms. The second-order valence-electron chi connectivity index (χ2n) is 2.01. The second kappa shape index (κ2) is 3.06. The monoisotopic (exact) mass is 137 g/mol. The highest BCUT2D eigenvalue weighted by molar-refractivity contribution is 5.17. The zero-order valence-electron chi connectivity index (χ0n) is 5.99. The normalized spacial score (nSPS) is 10.9. The van der Waals surface area contributed by atoms with Gasteiger partial charge in [0.05, 0.1) is 0 Å². The van der Waals surface area contributed by atoms with Crippen LogP contribution in [0, 0.1) is 0 Å². The predicted molar refractivity (Wildman–Crippen MR) is 41.5 cm³/mol. The molecule has 0 radical (unpaired) electrons. The number of nitrogens with zero attached hydrogens (tertiary/aromatic N) is 2. The quantitative estimate of drug-likeness (QED) is 0.619. The van der Waals surface area contributed by atoms with Crippen LogP contribution in [0.5, 0.6) is 0 Å². The molecule has 2 N–H and O–H groups in total. The Hall–Kier alpha value is -1.25. The Morgan fingerprint density at radius 2 is 2.60 bits per heavy atom. The molecule has 10 heavy (non-hydrogen) atoms. The second-order valence-corrected chi connectivity index (χ2v) is 2.01. The highest BCUT2D eigenvalue weighted by atomic mass is 15.1. The van der Waals surface area contributed by atoms with Gasteiger partial charge in [0.25, 0.3) is 0 Å². The summed E-state index contributed by atoms with van der Waals surface area (Å²) in [7, 11) is 0. The van der Waals surface area contributed by atoms with Crippen LogP contribution in [-0.4, -0.2) is 9.55 Å². The van der Waals surface area contributed by atoms with E-state index in [2.05, 4.69) is 4.98 Å². The van der Waals surface area contributed by atoms with E-state index in [-0.39, 0.29) is 0 Å². The van der Waals surface area contributed by atoms with E-state index in [4.69, 9.17) is 5.73 Å². The van der Waals surface area contributed by atoms with Crippen molar-refractivity contribution in [2.45, 2.75) is 13.5 Å². The van der Waals surface area contributed by atoms with Crippen LogP contribution in [0.25, 0.3) is 0 Å². The lowest BCUT2D eigenvalue weighted by Gasteiger charge is -1.97. The predicted octanol–water partition coefficient (Wildman–Crippen LogP) is 1.04. The molecule has 0 saturated heterocycles. The molecule has 0 aliphatic rings. The fourth-order valence-electron chi connectivity index (χ4n) is 0.714. The molecule has 0 aromatic carbocycles. The maximum absolute atomic E-state index is 5.50. The molecule has 0 bridgehead atoms. The molecule has 1 aromatic rings. The van der Waals surface area contributed by atoms with Gasteiger partial charge >= 0.3 is 0 Å². The minimum absolute atomic E-state index is 0.568. The Morgan fingerprint density at radius 3 is 3.10 bits per heavy atom. The number of aromatic nitrogens is 2. The zero-order chi connectivity index (χ0) is 7.40. The fraction of sp³-hybridized carbons (Fsp3) is 0.286. The molecule has 3 nitrogen and oxygen atoms in total. The summed E-state index contributed by atoms with van der Waals surface area (Å²) in [5.74, 6) is 0.568. The highest BCUT2D eigenvalue weighted by Gasteiger charge is 1.91. The Kier molecular flexibility index (Phi) is 2.10. The van der Waals surface area contributed by atoms with Crippen molar-refractivity contribution in [1.29, 1.82) is 0 Å². The Morgan fingerprint density at radius 1 is 1.80 bits per heavy atom. The Bertz CT molecular complexity index is 225. The van der Waals surface area contributed by atoms with Crippen molar-refractivity contribution in [1.82, 2.24) is 9.55 Å². The first-order valence-corrected chi connectivity index (χ1v) is 3.22. The summed E-state index contributed by atoms with van der Waals surface area (Å²) in [6.45, 7) is 2.79. The molecule has 54 valence electrons. The topological polar surface area (TPSA) is 43.8 Å². The van der Waals surface area contributed by atoms with Crippen LogP contribution in [-0.2, 0) is 6.54 Å². The van der Waals surface area contributed by atoms with Gasteiger partial charge < -0.3 is 10.3 Å². The zero-order valence-corrected chi connectivity index (χ0v) is 5.99. The number of rotatable bonds is 2. The van der Waals surface area contributed by atoms with Gasteiger partial charge in [-0.1, -0.05) is 12.2 Å². The Balaban J connectivity index is 2.65. The van der Waals surface area contributed by atoms with Gasteiger partial charge in [-0.3, -0.25) is 0 Å². The van der Waals surface area contributed by atoms with Gasteiger partial charge in [0.15, 0.2) is 5.95 Å². The number of allylic oxidation sites excluding steroid dienone is 2. The maximum atomic E-state index is 5.50. The number of anilines is 1. The van der Waals surface area contributed by atoms with E-state index >= 15 is 0 Å². The van der Waals surface area contributed by atoms with E-state index in [1.54, 1.807) is 6.20 Å². The largest absolute Gasteiger partial charge is 0.369 e. The minimum atomic E-state index is 0.568. The van der Waals surface area contributed by atoms with Gasteiger partial charge in [0.1, 0.15) is 0 Å². The number of imidazole rings is 1. The smallest absolute Gasteiger partial charge is 0.200 e. The number of hydrogen-bond acceptors (Lipinski definition) is 2. The lowest BCUT2D eigenvalue weighted by molar-refractivity contribution is 0.834. The number of nitrogens with two attached hydrogens (primary N) is 1. The first-order chi connectivity index (χ1) is 4.84. The van der Waals surface area contributed by atoms with Crippen LogP contribution < -0.4 is 5.73 Å². The number of hydrogen-bond donors (Lipinski definition) is 1. The molecule has 1 rings (SSSR count). The van der Waals surface area contributed by atoms with E-state index < -0.39 is 0 Å². The van der Waals surface area contributed by atoms with Crippen molar-refractivity contribution in [3.63, 3.8) is 0 Å². The maximum Gasteiger partial charge on any atom is 0.200 e. The molecule has 1 heterocycles. The summed E-state index contributed by atoms with van der Waals surface area (Å²) in [4.78, 5) is 3.88. The van der Waals surface area contributed by atoms with E-state index in [0.717, 1.165) is 6.54 Å². The van der Waals surface area contributed by atoms with Gasteiger partial charge in [-0.15, -0.1) is 0 Å². The van der Waals surface area contributed by atoms with Crippen molar-refractivity contribution < 1.29 is 0 Å². The summed E-state index contributed by atoms with van der Waals surface area (Å²) in [5, 5.41) is 0. The van der Waals surface area contributed by atoms with Gasteiger partial charge in [-0.25, -0.2) is 4.98 Å². The Labute approximate surface area is 60.2 Å².